The van der Waals surface area contributed by atoms with Crippen molar-refractivity contribution >= 4 is 12.6 Å². The van der Waals surface area contributed by atoms with Crippen molar-refractivity contribution in [2.45, 2.75) is 45.8 Å². The summed E-state index contributed by atoms with van der Waals surface area (Å²) in [6.45, 7) is 9.59. The number of halogens is 1. The molecule has 2 heterocycles. The van der Waals surface area contributed by atoms with Crippen LogP contribution in [0.25, 0.3) is 0 Å². The van der Waals surface area contributed by atoms with Gasteiger partial charge in [-0.3, -0.25) is 4.98 Å². The highest BCUT2D eigenvalue weighted by Crippen LogP contribution is 2.36. The SMILES string of the molecule is Cc1cc(B2OC(C)(C)C(C)(C)O2)c(F)cn1. The van der Waals surface area contributed by atoms with Crippen LogP contribution in [0.4, 0.5) is 4.39 Å². The van der Waals surface area contributed by atoms with Gasteiger partial charge in [0, 0.05) is 11.2 Å². The molecule has 0 bridgehead atoms. The zero-order valence-electron chi connectivity index (χ0n) is 10.9. The number of aryl methyl sites for hydroxylation is 1. The molecule has 0 aromatic carbocycles. The fourth-order valence-electron chi connectivity index (χ4n) is 1.71. The molecular formula is C12H17BFNO2. The molecule has 1 aromatic rings. The molecule has 0 amide bonds. The Bertz CT molecular complexity index is 432. The molecule has 92 valence electrons. The quantitative estimate of drug-likeness (QED) is 0.698. The summed E-state index contributed by atoms with van der Waals surface area (Å²) in [4.78, 5) is 3.90. The average Bonchev–Trinajstić information content (AvgIpc) is 2.40. The van der Waals surface area contributed by atoms with Crippen LogP contribution in [0.1, 0.15) is 33.4 Å². The lowest BCUT2D eigenvalue weighted by Gasteiger charge is -2.32. The van der Waals surface area contributed by atoms with Gasteiger partial charge in [0.2, 0.25) is 0 Å². The molecule has 5 heteroatoms. The van der Waals surface area contributed by atoms with E-state index in [0.717, 1.165) is 5.69 Å². The van der Waals surface area contributed by atoms with Crippen molar-refractivity contribution in [1.82, 2.24) is 4.98 Å². The Hall–Kier alpha value is -0.935. The normalized spacial score (nSPS) is 21.9. The molecule has 1 saturated heterocycles. The van der Waals surface area contributed by atoms with Crippen molar-refractivity contribution < 1.29 is 13.7 Å². The molecule has 1 aromatic heterocycles. The number of rotatable bonds is 1. The predicted octanol–water partition coefficient (Wildman–Crippen LogP) is 1.83. The minimum absolute atomic E-state index is 0.394. The second-order valence-electron chi connectivity index (χ2n) is 5.44. The van der Waals surface area contributed by atoms with Crippen LogP contribution in [0, 0.1) is 12.7 Å². The fourth-order valence-corrected chi connectivity index (χ4v) is 1.71. The summed E-state index contributed by atoms with van der Waals surface area (Å²) in [6.07, 6.45) is 1.20. The summed E-state index contributed by atoms with van der Waals surface area (Å²) in [6, 6.07) is 1.66. The van der Waals surface area contributed by atoms with E-state index >= 15 is 0 Å². The van der Waals surface area contributed by atoms with Gasteiger partial charge in [-0.05, 0) is 40.7 Å². The third-order valence-corrected chi connectivity index (χ3v) is 3.53. The topological polar surface area (TPSA) is 31.4 Å². The number of hydrogen-bond acceptors (Lipinski definition) is 3. The van der Waals surface area contributed by atoms with Crippen molar-refractivity contribution in [3.63, 3.8) is 0 Å². The maximum atomic E-state index is 13.7. The summed E-state index contributed by atoms with van der Waals surface area (Å²) in [5.74, 6) is -0.394. The van der Waals surface area contributed by atoms with Gasteiger partial charge in [-0.15, -0.1) is 0 Å². The van der Waals surface area contributed by atoms with E-state index in [1.54, 1.807) is 6.07 Å². The maximum absolute atomic E-state index is 13.7. The van der Waals surface area contributed by atoms with Gasteiger partial charge in [0.05, 0.1) is 17.4 Å². The van der Waals surface area contributed by atoms with E-state index in [1.165, 1.54) is 6.20 Å². The van der Waals surface area contributed by atoms with Gasteiger partial charge in [0.15, 0.2) is 0 Å². The highest BCUT2D eigenvalue weighted by Gasteiger charge is 2.52. The molecule has 1 aliphatic heterocycles. The molecule has 0 unspecified atom stereocenters. The fraction of sp³-hybridized carbons (Fsp3) is 0.583. The number of pyridine rings is 1. The molecule has 0 radical (unpaired) electrons. The Morgan fingerprint density at radius 1 is 1.18 bits per heavy atom. The van der Waals surface area contributed by atoms with E-state index < -0.39 is 24.1 Å². The Labute approximate surface area is 101 Å². The Morgan fingerprint density at radius 3 is 2.24 bits per heavy atom. The summed E-state index contributed by atoms with van der Waals surface area (Å²) < 4.78 is 25.3. The van der Waals surface area contributed by atoms with Crippen LogP contribution in [0.3, 0.4) is 0 Å². The zero-order chi connectivity index (χ0) is 12.8. The summed E-state index contributed by atoms with van der Waals surface area (Å²) in [7, 11) is -0.665. The molecule has 0 aliphatic carbocycles. The molecule has 1 aliphatic rings. The number of hydrogen-bond donors (Lipinski definition) is 0. The first-order valence-corrected chi connectivity index (χ1v) is 5.71. The minimum Gasteiger partial charge on any atom is -0.399 e. The van der Waals surface area contributed by atoms with Crippen LogP contribution < -0.4 is 5.46 Å². The molecule has 2 rings (SSSR count). The van der Waals surface area contributed by atoms with Crippen molar-refractivity contribution in [3.8, 4) is 0 Å². The first kappa shape index (κ1) is 12.5. The predicted molar refractivity (Wildman–Crippen MR) is 64.6 cm³/mol. The van der Waals surface area contributed by atoms with E-state index in [4.69, 9.17) is 9.31 Å². The second-order valence-corrected chi connectivity index (χ2v) is 5.44. The van der Waals surface area contributed by atoms with Crippen molar-refractivity contribution in [2.24, 2.45) is 0 Å². The van der Waals surface area contributed by atoms with Crippen LogP contribution in [0.5, 0.6) is 0 Å². The van der Waals surface area contributed by atoms with E-state index in [9.17, 15) is 4.39 Å². The van der Waals surface area contributed by atoms with Crippen LogP contribution >= 0.6 is 0 Å². The first-order chi connectivity index (χ1) is 7.73. The molecule has 0 atom stereocenters. The highest BCUT2D eigenvalue weighted by molar-refractivity contribution is 6.62. The van der Waals surface area contributed by atoms with Crippen LogP contribution in [-0.2, 0) is 9.31 Å². The van der Waals surface area contributed by atoms with Crippen LogP contribution in [-0.4, -0.2) is 23.3 Å². The standard InChI is InChI=1S/C12H17BFNO2/c1-8-6-9(10(14)7-15-8)13-16-11(2,3)12(4,5)17-13/h6-7H,1-5H3. The van der Waals surface area contributed by atoms with E-state index in [-0.39, 0.29) is 0 Å². The lowest BCUT2D eigenvalue weighted by atomic mass is 9.79. The van der Waals surface area contributed by atoms with Gasteiger partial charge in [-0.1, -0.05) is 0 Å². The summed E-state index contributed by atoms with van der Waals surface area (Å²) in [5.41, 5.74) is 0.245. The Balaban J connectivity index is 2.35. The van der Waals surface area contributed by atoms with Gasteiger partial charge in [0.25, 0.3) is 0 Å². The average molecular weight is 237 g/mol. The highest BCUT2D eigenvalue weighted by atomic mass is 19.1. The maximum Gasteiger partial charge on any atom is 0.497 e. The van der Waals surface area contributed by atoms with Crippen LogP contribution in [0.15, 0.2) is 12.3 Å². The molecule has 0 spiro atoms. The molecule has 1 fully saturated rings. The molecule has 17 heavy (non-hydrogen) atoms. The third kappa shape index (κ3) is 2.09. The van der Waals surface area contributed by atoms with Gasteiger partial charge < -0.3 is 9.31 Å². The van der Waals surface area contributed by atoms with Crippen molar-refractivity contribution in [3.05, 3.63) is 23.8 Å². The van der Waals surface area contributed by atoms with Gasteiger partial charge in [-0.25, -0.2) is 4.39 Å². The lowest BCUT2D eigenvalue weighted by molar-refractivity contribution is 0.00578. The summed E-state index contributed by atoms with van der Waals surface area (Å²) in [5, 5.41) is 0. The third-order valence-electron chi connectivity index (χ3n) is 3.53. The minimum atomic E-state index is -0.665. The van der Waals surface area contributed by atoms with Crippen molar-refractivity contribution in [2.75, 3.05) is 0 Å². The second kappa shape index (κ2) is 3.78. The number of aromatic nitrogens is 1. The number of nitrogens with zero attached hydrogens (tertiary/aromatic N) is 1. The Morgan fingerprint density at radius 2 is 1.71 bits per heavy atom. The molecule has 0 saturated carbocycles. The molecular weight excluding hydrogens is 220 g/mol. The van der Waals surface area contributed by atoms with Crippen LogP contribution in [0.2, 0.25) is 0 Å². The largest absolute Gasteiger partial charge is 0.497 e. The smallest absolute Gasteiger partial charge is 0.399 e. The summed E-state index contributed by atoms with van der Waals surface area (Å²) >= 11 is 0. The van der Waals surface area contributed by atoms with Gasteiger partial charge >= 0.3 is 7.12 Å². The van der Waals surface area contributed by atoms with Gasteiger partial charge in [-0.2, -0.15) is 0 Å². The first-order valence-electron chi connectivity index (χ1n) is 5.71. The van der Waals surface area contributed by atoms with E-state index in [1.807, 2.05) is 34.6 Å². The van der Waals surface area contributed by atoms with Gasteiger partial charge in [0.1, 0.15) is 5.82 Å². The lowest BCUT2D eigenvalue weighted by Crippen LogP contribution is -2.41. The van der Waals surface area contributed by atoms with E-state index in [2.05, 4.69) is 4.98 Å². The van der Waals surface area contributed by atoms with Crippen molar-refractivity contribution in [1.29, 1.82) is 0 Å². The Kier molecular flexibility index (Phi) is 2.79. The van der Waals surface area contributed by atoms with E-state index in [0.29, 0.717) is 5.46 Å². The molecule has 3 nitrogen and oxygen atoms in total. The monoisotopic (exact) mass is 237 g/mol. The molecule has 0 N–H and O–H groups in total. The zero-order valence-corrected chi connectivity index (χ0v) is 10.9.